The highest BCUT2D eigenvalue weighted by molar-refractivity contribution is 7.89. The van der Waals surface area contributed by atoms with Gasteiger partial charge in [-0.2, -0.15) is 0 Å². The van der Waals surface area contributed by atoms with E-state index in [4.69, 9.17) is 16.7 Å². The number of hydrogen-bond acceptors (Lipinski definition) is 4. The summed E-state index contributed by atoms with van der Waals surface area (Å²) in [6, 6.07) is 9.01. The molecule has 1 amide bonds. The maximum Gasteiger partial charge on any atom is 0.268 e. The molecule has 7 nitrogen and oxygen atoms in total. The third-order valence-corrected chi connectivity index (χ3v) is 5.95. The molecule has 3 aromatic rings. The number of halogens is 1. The van der Waals surface area contributed by atoms with Crippen LogP contribution in [0.25, 0.3) is 10.9 Å². The number of nitrogens with one attached hydrogen (secondary N) is 2. The fourth-order valence-electron chi connectivity index (χ4n) is 3.27. The highest BCUT2D eigenvalue weighted by atomic mass is 35.5. The van der Waals surface area contributed by atoms with Gasteiger partial charge in [-0.05, 0) is 36.2 Å². The van der Waals surface area contributed by atoms with Crippen LogP contribution in [0.4, 0.5) is 0 Å². The van der Waals surface area contributed by atoms with Gasteiger partial charge in [0.2, 0.25) is 10.0 Å². The topological polar surface area (TPSA) is 122 Å². The van der Waals surface area contributed by atoms with Crippen LogP contribution in [0.1, 0.15) is 39.4 Å². The standard InChI is InChI=1S/C18H14ClN3O4S.CH4/c19-13-4-2-10(8-15(13)27(20,25)26)17(23)9-1-3-11-12-5-6-21-18(24)16(12)22-14(11)7-9;/h1-4,7-8,22H,5-6H2,(H,21,24)(H2,20,25,26);1H4. The smallest absolute Gasteiger partial charge is 0.268 e. The maximum absolute atomic E-state index is 12.8. The third-order valence-electron chi connectivity index (χ3n) is 4.56. The van der Waals surface area contributed by atoms with Gasteiger partial charge < -0.3 is 10.3 Å². The van der Waals surface area contributed by atoms with E-state index < -0.39 is 10.0 Å². The van der Waals surface area contributed by atoms with E-state index in [1.807, 2.05) is 0 Å². The molecule has 1 aliphatic heterocycles. The molecule has 4 rings (SSSR count). The Labute approximate surface area is 166 Å². The molecule has 0 saturated carbocycles. The Balaban J connectivity index is 0.00000225. The Bertz CT molecular complexity index is 1230. The first-order valence-corrected chi connectivity index (χ1v) is 9.98. The number of rotatable bonds is 3. The molecular formula is C19H18ClN3O4S. The van der Waals surface area contributed by atoms with Crippen LogP contribution < -0.4 is 10.5 Å². The zero-order valence-electron chi connectivity index (χ0n) is 13.9. The number of amides is 1. The van der Waals surface area contributed by atoms with Gasteiger partial charge in [-0.25, -0.2) is 13.6 Å². The Hall–Kier alpha value is -2.68. The summed E-state index contributed by atoms with van der Waals surface area (Å²) >= 11 is 5.87. The van der Waals surface area contributed by atoms with Crippen LogP contribution in [0.3, 0.4) is 0 Å². The van der Waals surface area contributed by atoms with Crippen molar-refractivity contribution in [3.05, 3.63) is 63.8 Å². The lowest BCUT2D eigenvalue weighted by molar-refractivity contribution is 0.0941. The number of aromatic amines is 1. The van der Waals surface area contributed by atoms with Crippen molar-refractivity contribution in [1.29, 1.82) is 0 Å². The molecule has 0 bridgehead atoms. The number of primary sulfonamides is 1. The van der Waals surface area contributed by atoms with Crippen molar-refractivity contribution >= 4 is 44.2 Å². The minimum atomic E-state index is -4.05. The number of ketones is 1. The summed E-state index contributed by atoms with van der Waals surface area (Å²) in [7, 11) is -4.05. The molecule has 146 valence electrons. The SMILES string of the molecule is C.NS(=O)(=O)c1cc(C(=O)c2ccc3c4c([nH]c3c2)C(=O)NCC4)ccc1Cl. The van der Waals surface area contributed by atoms with Crippen LogP contribution in [0.15, 0.2) is 41.3 Å². The molecule has 28 heavy (non-hydrogen) atoms. The zero-order chi connectivity index (χ0) is 19.3. The number of fused-ring (bicyclic) bond motifs is 3. The van der Waals surface area contributed by atoms with E-state index in [-0.39, 0.29) is 34.6 Å². The fraction of sp³-hybridized carbons (Fsp3) is 0.158. The second-order valence-electron chi connectivity index (χ2n) is 6.26. The van der Waals surface area contributed by atoms with Gasteiger partial charge in [0.15, 0.2) is 5.78 Å². The number of aromatic nitrogens is 1. The van der Waals surface area contributed by atoms with Crippen LogP contribution in [0.2, 0.25) is 5.02 Å². The van der Waals surface area contributed by atoms with Crippen molar-refractivity contribution in [1.82, 2.24) is 10.3 Å². The van der Waals surface area contributed by atoms with Crippen LogP contribution in [0.5, 0.6) is 0 Å². The Morgan fingerprint density at radius 1 is 1.11 bits per heavy atom. The lowest BCUT2D eigenvalue weighted by atomic mass is 9.99. The van der Waals surface area contributed by atoms with Crippen molar-refractivity contribution in [3.8, 4) is 0 Å². The van der Waals surface area contributed by atoms with Gasteiger partial charge in [-0.15, -0.1) is 0 Å². The molecule has 1 aliphatic rings. The molecule has 2 heterocycles. The van der Waals surface area contributed by atoms with Crippen molar-refractivity contribution in [2.24, 2.45) is 5.14 Å². The normalized spacial score (nSPS) is 13.6. The molecule has 0 unspecified atom stereocenters. The van der Waals surface area contributed by atoms with Crippen molar-refractivity contribution in [2.45, 2.75) is 18.7 Å². The predicted molar refractivity (Wildman–Crippen MR) is 107 cm³/mol. The summed E-state index contributed by atoms with van der Waals surface area (Å²) in [5.74, 6) is -0.550. The number of H-pyrrole nitrogens is 1. The first-order valence-electron chi connectivity index (χ1n) is 8.05. The van der Waals surface area contributed by atoms with Crippen molar-refractivity contribution < 1.29 is 18.0 Å². The van der Waals surface area contributed by atoms with Crippen LogP contribution in [0, 0.1) is 0 Å². The van der Waals surface area contributed by atoms with Crippen molar-refractivity contribution in [3.63, 3.8) is 0 Å². The molecule has 4 N–H and O–H groups in total. The lowest BCUT2D eigenvalue weighted by Crippen LogP contribution is -2.31. The van der Waals surface area contributed by atoms with Gasteiger partial charge in [0.25, 0.3) is 5.91 Å². The highest BCUT2D eigenvalue weighted by Crippen LogP contribution is 2.28. The van der Waals surface area contributed by atoms with E-state index in [1.54, 1.807) is 18.2 Å². The molecule has 1 aromatic heterocycles. The van der Waals surface area contributed by atoms with Gasteiger partial charge in [0.05, 0.1) is 5.02 Å². The number of carbonyl (C=O) groups excluding carboxylic acids is 2. The number of nitrogens with two attached hydrogens (primary N) is 1. The third kappa shape index (κ3) is 3.30. The van der Waals surface area contributed by atoms with E-state index >= 15 is 0 Å². The largest absolute Gasteiger partial charge is 0.350 e. The minimum absolute atomic E-state index is 0. The van der Waals surface area contributed by atoms with E-state index in [9.17, 15) is 18.0 Å². The Morgan fingerprint density at radius 2 is 1.79 bits per heavy atom. The number of sulfonamides is 1. The fourth-order valence-corrected chi connectivity index (χ4v) is 4.34. The molecule has 0 radical (unpaired) electrons. The summed E-state index contributed by atoms with van der Waals surface area (Å²) in [6.45, 7) is 0.570. The summed E-state index contributed by atoms with van der Waals surface area (Å²) < 4.78 is 23.2. The summed E-state index contributed by atoms with van der Waals surface area (Å²) in [5, 5.41) is 8.75. The van der Waals surface area contributed by atoms with Gasteiger partial charge in [0.1, 0.15) is 10.6 Å². The average molecular weight is 420 g/mol. The number of hydrogen-bond donors (Lipinski definition) is 3. The quantitative estimate of drug-likeness (QED) is 0.564. The highest BCUT2D eigenvalue weighted by Gasteiger charge is 2.23. The zero-order valence-corrected chi connectivity index (χ0v) is 15.4. The average Bonchev–Trinajstić information content (AvgIpc) is 3.00. The van der Waals surface area contributed by atoms with Crippen molar-refractivity contribution in [2.75, 3.05) is 6.54 Å². The molecule has 0 atom stereocenters. The molecule has 0 aliphatic carbocycles. The van der Waals surface area contributed by atoms with Crippen LogP contribution in [-0.4, -0.2) is 31.6 Å². The summed E-state index contributed by atoms with van der Waals surface area (Å²) in [4.78, 5) is 27.5. The molecule has 9 heteroatoms. The summed E-state index contributed by atoms with van der Waals surface area (Å²) in [6.07, 6.45) is 0.712. The molecule has 2 aromatic carbocycles. The second kappa shape index (κ2) is 7.05. The van der Waals surface area contributed by atoms with E-state index in [2.05, 4.69) is 10.3 Å². The second-order valence-corrected chi connectivity index (χ2v) is 8.20. The Morgan fingerprint density at radius 3 is 2.50 bits per heavy atom. The van der Waals surface area contributed by atoms with Gasteiger partial charge in [-0.3, -0.25) is 9.59 Å². The van der Waals surface area contributed by atoms with Gasteiger partial charge in [0, 0.05) is 28.6 Å². The number of benzene rings is 2. The van der Waals surface area contributed by atoms with Crippen LogP contribution >= 0.6 is 11.6 Å². The van der Waals surface area contributed by atoms with E-state index in [0.29, 0.717) is 29.7 Å². The predicted octanol–water partition coefficient (Wildman–Crippen LogP) is 2.62. The molecular weight excluding hydrogens is 402 g/mol. The molecule has 0 spiro atoms. The lowest BCUT2D eigenvalue weighted by Gasteiger charge is -2.11. The number of carbonyl (C=O) groups is 2. The first-order chi connectivity index (χ1) is 12.8. The molecule has 0 fully saturated rings. The minimum Gasteiger partial charge on any atom is -0.350 e. The van der Waals surface area contributed by atoms with Crippen LogP contribution in [-0.2, 0) is 16.4 Å². The monoisotopic (exact) mass is 419 g/mol. The summed E-state index contributed by atoms with van der Waals surface area (Å²) in [5.41, 5.74) is 2.60. The van der Waals surface area contributed by atoms with Gasteiger partial charge >= 0.3 is 0 Å². The van der Waals surface area contributed by atoms with E-state index in [1.165, 1.54) is 12.1 Å². The maximum atomic E-state index is 12.8. The van der Waals surface area contributed by atoms with Gasteiger partial charge in [-0.1, -0.05) is 31.2 Å². The first kappa shape index (κ1) is 20.1. The Kier molecular flexibility index (Phi) is 5.05. The van der Waals surface area contributed by atoms with E-state index in [0.717, 1.165) is 17.0 Å². The molecule has 0 saturated heterocycles.